The van der Waals surface area contributed by atoms with Crippen LogP contribution in [0, 0.1) is 26.6 Å². The zero-order valence-electron chi connectivity index (χ0n) is 16.8. The molecule has 0 atom stereocenters. The molecule has 0 saturated carbocycles. The predicted octanol–water partition coefficient (Wildman–Crippen LogP) is 2.31. The SMILES string of the molecule is Cc1cc(=O)[nH]c(-n2nc(C)c(CCC(=O)NCCc3ccc(F)cc3)c2C)n1. The predicted molar refractivity (Wildman–Crippen MR) is 108 cm³/mol. The van der Waals surface area contributed by atoms with Crippen LogP contribution in [0.4, 0.5) is 4.39 Å². The highest BCUT2D eigenvalue weighted by atomic mass is 19.1. The van der Waals surface area contributed by atoms with Crippen molar-refractivity contribution in [1.29, 1.82) is 0 Å². The Hall–Kier alpha value is -3.29. The molecule has 2 aromatic heterocycles. The number of amides is 1. The fourth-order valence-corrected chi connectivity index (χ4v) is 3.23. The molecule has 2 N–H and O–H groups in total. The molecular weight excluding hydrogens is 373 g/mol. The maximum Gasteiger partial charge on any atom is 0.252 e. The number of carbonyl (C=O) groups excluding carboxylic acids is 1. The number of aryl methyl sites for hydroxylation is 2. The van der Waals surface area contributed by atoms with Crippen LogP contribution in [-0.4, -0.2) is 32.2 Å². The highest BCUT2D eigenvalue weighted by Crippen LogP contribution is 2.17. The Morgan fingerprint density at radius 2 is 1.90 bits per heavy atom. The molecule has 8 heteroatoms. The van der Waals surface area contributed by atoms with Crippen molar-refractivity contribution in [1.82, 2.24) is 25.1 Å². The highest BCUT2D eigenvalue weighted by molar-refractivity contribution is 5.76. The van der Waals surface area contributed by atoms with Gasteiger partial charge in [0.2, 0.25) is 11.9 Å². The molecule has 7 nitrogen and oxygen atoms in total. The van der Waals surface area contributed by atoms with Crippen molar-refractivity contribution < 1.29 is 9.18 Å². The van der Waals surface area contributed by atoms with E-state index in [4.69, 9.17) is 0 Å². The third-order valence-electron chi connectivity index (χ3n) is 4.75. The van der Waals surface area contributed by atoms with Crippen LogP contribution in [0.1, 0.15) is 34.6 Å². The molecule has 0 aliphatic heterocycles. The van der Waals surface area contributed by atoms with Crippen LogP contribution in [0.3, 0.4) is 0 Å². The lowest BCUT2D eigenvalue weighted by atomic mass is 10.1. The van der Waals surface area contributed by atoms with E-state index in [1.54, 1.807) is 23.7 Å². The van der Waals surface area contributed by atoms with E-state index in [0.717, 1.165) is 22.5 Å². The molecule has 0 aliphatic carbocycles. The van der Waals surface area contributed by atoms with E-state index < -0.39 is 0 Å². The van der Waals surface area contributed by atoms with Gasteiger partial charge >= 0.3 is 0 Å². The summed E-state index contributed by atoms with van der Waals surface area (Å²) in [5.74, 6) is 0.0420. The Morgan fingerprint density at radius 1 is 1.17 bits per heavy atom. The van der Waals surface area contributed by atoms with Crippen LogP contribution < -0.4 is 10.9 Å². The summed E-state index contributed by atoms with van der Waals surface area (Å²) < 4.78 is 14.5. The van der Waals surface area contributed by atoms with Crippen molar-refractivity contribution in [3.05, 3.63) is 74.7 Å². The van der Waals surface area contributed by atoms with Gasteiger partial charge in [-0.2, -0.15) is 5.10 Å². The number of hydrogen-bond donors (Lipinski definition) is 2. The zero-order chi connectivity index (χ0) is 21.0. The standard InChI is InChI=1S/C21H24FN5O2/c1-13-12-20(29)25-21(24-13)27-15(3)18(14(2)26-27)8-9-19(28)23-11-10-16-4-6-17(22)7-5-16/h4-7,12H,8-11H2,1-3H3,(H,23,28)(H,24,25,29). The highest BCUT2D eigenvalue weighted by Gasteiger charge is 2.15. The second kappa shape index (κ2) is 8.81. The molecule has 0 radical (unpaired) electrons. The van der Waals surface area contributed by atoms with Gasteiger partial charge in [0, 0.05) is 30.4 Å². The summed E-state index contributed by atoms with van der Waals surface area (Å²) >= 11 is 0. The van der Waals surface area contributed by atoms with E-state index in [0.29, 0.717) is 37.4 Å². The molecule has 0 unspecified atom stereocenters. The quantitative estimate of drug-likeness (QED) is 0.640. The normalized spacial score (nSPS) is 10.9. The van der Waals surface area contributed by atoms with Crippen LogP contribution in [0.2, 0.25) is 0 Å². The molecule has 0 saturated heterocycles. The van der Waals surface area contributed by atoms with E-state index in [1.165, 1.54) is 18.2 Å². The number of benzene rings is 1. The van der Waals surface area contributed by atoms with Crippen LogP contribution in [0.5, 0.6) is 0 Å². The number of nitrogens with zero attached hydrogens (tertiary/aromatic N) is 3. The van der Waals surface area contributed by atoms with Gasteiger partial charge in [-0.05, 0) is 56.9 Å². The lowest BCUT2D eigenvalue weighted by molar-refractivity contribution is -0.121. The van der Waals surface area contributed by atoms with E-state index >= 15 is 0 Å². The van der Waals surface area contributed by atoms with Gasteiger partial charge in [-0.3, -0.25) is 14.6 Å². The minimum atomic E-state index is -0.269. The summed E-state index contributed by atoms with van der Waals surface area (Å²) in [5.41, 5.74) is 3.95. The van der Waals surface area contributed by atoms with Gasteiger partial charge in [-0.25, -0.2) is 14.1 Å². The van der Waals surface area contributed by atoms with Crippen LogP contribution in [0.25, 0.3) is 5.95 Å². The first-order valence-corrected chi connectivity index (χ1v) is 9.48. The number of aromatic nitrogens is 4. The summed E-state index contributed by atoms with van der Waals surface area (Å²) in [6.07, 6.45) is 1.51. The molecule has 1 amide bonds. The Kier molecular flexibility index (Phi) is 6.21. The molecule has 3 aromatic rings. The Bertz CT molecular complexity index is 1070. The molecule has 0 bridgehead atoms. The van der Waals surface area contributed by atoms with E-state index in [9.17, 15) is 14.0 Å². The zero-order valence-corrected chi connectivity index (χ0v) is 16.8. The van der Waals surface area contributed by atoms with Crippen molar-refractivity contribution in [3.63, 3.8) is 0 Å². The van der Waals surface area contributed by atoms with Crippen molar-refractivity contribution in [2.45, 2.75) is 40.0 Å². The van der Waals surface area contributed by atoms with Crippen molar-refractivity contribution in [3.8, 4) is 5.95 Å². The molecule has 0 fully saturated rings. The summed E-state index contributed by atoms with van der Waals surface area (Å²) in [5, 5.41) is 7.36. The molecule has 0 aliphatic rings. The fourth-order valence-electron chi connectivity index (χ4n) is 3.23. The van der Waals surface area contributed by atoms with E-state index in [2.05, 4.69) is 20.4 Å². The van der Waals surface area contributed by atoms with Gasteiger partial charge in [0.15, 0.2) is 0 Å². The van der Waals surface area contributed by atoms with Crippen LogP contribution in [0.15, 0.2) is 35.1 Å². The fraction of sp³-hybridized carbons (Fsp3) is 0.333. The molecular formula is C21H24FN5O2. The monoisotopic (exact) mass is 397 g/mol. The van der Waals surface area contributed by atoms with Gasteiger partial charge in [-0.1, -0.05) is 12.1 Å². The summed E-state index contributed by atoms with van der Waals surface area (Å²) in [4.78, 5) is 30.9. The molecule has 1 aromatic carbocycles. The van der Waals surface area contributed by atoms with Crippen molar-refractivity contribution in [2.75, 3.05) is 6.54 Å². The first-order valence-electron chi connectivity index (χ1n) is 9.48. The Morgan fingerprint density at radius 3 is 2.59 bits per heavy atom. The number of nitrogens with one attached hydrogen (secondary N) is 2. The van der Waals surface area contributed by atoms with Gasteiger partial charge in [0.05, 0.1) is 5.69 Å². The van der Waals surface area contributed by atoms with Gasteiger partial charge < -0.3 is 5.32 Å². The van der Waals surface area contributed by atoms with E-state index in [-0.39, 0.29) is 17.3 Å². The molecule has 29 heavy (non-hydrogen) atoms. The van der Waals surface area contributed by atoms with E-state index in [1.807, 2.05) is 13.8 Å². The third kappa shape index (κ3) is 5.16. The van der Waals surface area contributed by atoms with Crippen LogP contribution >= 0.6 is 0 Å². The average molecular weight is 397 g/mol. The van der Waals surface area contributed by atoms with Crippen molar-refractivity contribution in [2.24, 2.45) is 0 Å². The van der Waals surface area contributed by atoms with Gasteiger partial charge in [0.25, 0.3) is 5.56 Å². The minimum Gasteiger partial charge on any atom is -0.356 e. The first kappa shape index (κ1) is 20.4. The molecule has 152 valence electrons. The third-order valence-corrected chi connectivity index (χ3v) is 4.75. The number of aromatic amines is 1. The number of H-pyrrole nitrogens is 1. The lowest BCUT2D eigenvalue weighted by Gasteiger charge is -2.07. The van der Waals surface area contributed by atoms with Gasteiger partial charge in [0.1, 0.15) is 5.82 Å². The maximum atomic E-state index is 12.9. The van der Waals surface area contributed by atoms with Crippen molar-refractivity contribution >= 4 is 5.91 Å². The second-order valence-corrected chi connectivity index (χ2v) is 7.00. The van der Waals surface area contributed by atoms with Gasteiger partial charge in [-0.15, -0.1) is 0 Å². The average Bonchev–Trinajstić information content (AvgIpc) is 2.95. The second-order valence-electron chi connectivity index (χ2n) is 7.00. The molecule has 0 spiro atoms. The molecule has 3 rings (SSSR count). The summed E-state index contributed by atoms with van der Waals surface area (Å²) in [7, 11) is 0. The number of carbonyl (C=O) groups is 1. The smallest absolute Gasteiger partial charge is 0.252 e. The lowest BCUT2D eigenvalue weighted by Crippen LogP contribution is -2.26. The number of rotatable bonds is 7. The first-order chi connectivity index (χ1) is 13.8. The summed E-state index contributed by atoms with van der Waals surface area (Å²) in [6.45, 7) is 6.01. The minimum absolute atomic E-state index is 0.0549. The molecule has 2 heterocycles. The topological polar surface area (TPSA) is 92.7 Å². The maximum absolute atomic E-state index is 12.9. The largest absolute Gasteiger partial charge is 0.356 e. The van der Waals surface area contributed by atoms with Crippen LogP contribution in [-0.2, 0) is 17.6 Å². The Labute approximate surface area is 168 Å². The summed E-state index contributed by atoms with van der Waals surface area (Å²) in [6, 6.07) is 7.68. The number of halogens is 1. The Balaban J connectivity index is 1.59. The number of hydrogen-bond acceptors (Lipinski definition) is 4.